The number of hydrogen-bond acceptors (Lipinski definition) is 1. The molecule has 2 aliphatic rings. The van der Waals surface area contributed by atoms with E-state index in [1.54, 1.807) is 0 Å². The van der Waals surface area contributed by atoms with Crippen LogP contribution in [0.2, 0.25) is 0 Å². The minimum Gasteiger partial charge on any atom is -0.375 e. The molecule has 0 unspecified atom stereocenters. The summed E-state index contributed by atoms with van der Waals surface area (Å²) in [6, 6.07) is 0. The zero-order valence-corrected chi connectivity index (χ0v) is 7.76. The van der Waals surface area contributed by atoms with E-state index in [-0.39, 0.29) is 0 Å². The van der Waals surface area contributed by atoms with Crippen molar-refractivity contribution >= 4 is 0 Å². The van der Waals surface area contributed by atoms with Gasteiger partial charge in [0.25, 0.3) is 0 Å². The summed E-state index contributed by atoms with van der Waals surface area (Å²) in [6.07, 6.45) is 5.15. The maximum absolute atomic E-state index is 5.81. The molecule has 3 atom stereocenters. The third-order valence-corrected chi connectivity index (χ3v) is 3.22. The molecule has 2 heterocycles. The Morgan fingerprint density at radius 2 is 1.91 bits per heavy atom. The van der Waals surface area contributed by atoms with Gasteiger partial charge in [-0.2, -0.15) is 0 Å². The highest BCUT2D eigenvalue weighted by Gasteiger charge is 2.45. The van der Waals surface area contributed by atoms with E-state index in [4.69, 9.17) is 4.74 Å². The van der Waals surface area contributed by atoms with Gasteiger partial charge in [0.2, 0.25) is 0 Å². The van der Waals surface area contributed by atoms with E-state index >= 15 is 0 Å². The van der Waals surface area contributed by atoms with Crippen LogP contribution < -0.4 is 0 Å². The molecule has 2 fully saturated rings. The molecule has 0 aromatic carbocycles. The van der Waals surface area contributed by atoms with Gasteiger partial charge < -0.3 is 4.74 Å². The molecule has 0 aromatic rings. The van der Waals surface area contributed by atoms with Crippen LogP contribution in [0.5, 0.6) is 0 Å². The van der Waals surface area contributed by atoms with E-state index in [1.807, 2.05) is 0 Å². The fourth-order valence-corrected chi connectivity index (χ4v) is 2.55. The fraction of sp³-hybridized carbons (Fsp3) is 1.00. The van der Waals surface area contributed by atoms with Crippen molar-refractivity contribution in [2.75, 3.05) is 0 Å². The van der Waals surface area contributed by atoms with Crippen molar-refractivity contribution in [3.05, 3.63) is 0 Å². The Balaban J connectivity index is 2.08. The largest absolute Gasteiger partial charge is 0.375 e. The Morgan fingerprint density at radius 1 is 1.18 bits per heavy atom. The van der Waals surface area contributed by atoms with Gasteiger partial charge in [-0.3, -0.25) is 0 Å². The first-order valence-corrected chi connectivity index (χ1v) is 4.73. The van der Waals surface area contributed by atoms with E-state index in [9.17, 15) is 0 Å². The smallest absolute Gasteiger partial charge is 0.0613 e. The summed E-state index contributed by atoms with van der Waals surface area (Å²) in [5.74, 6) is 0.821. The fourth-order valence-electron chi connectivity index (χ4n) is 2.55. The summed E-state index contributed by atoms with van der Waals surface area (Å²) in [5.41, 5.74) is 0.458. The zero-order chi connectivity index (χ0) is 8.06. The topological polar surface area (TPSA) is 9.23 Å². The molecule has 0 amide bonds. The molecule has 2 bridgehead atoms. The SMILES string of the molecule is CC(C)(C)[C@@H]1C[C@@H]2CC[C@H]1O2. The summed E-state index contributed by atoms with van der Waals surface area (Å²) in [4.78, 5) is 0. The van der Waals surface area contributed by atoms with Gasteiger partial charge in [-0.25, -0.2) is 0 Å². The van der Waals surface area contributed by atoms with Gasteiger partial charge in [-0.15, -0.1) is 0 Å². The lowest BCUT2D eigenvalue weighted by atomic mass is 9.72. The van der Waals surface area contributed by atoms with Gasteiger partial charge in [0.15, 0.2) is 0 Å². The van der Waals surface area contributed by atoms with Crippen LogP contribution in [0.4, 0.5) is 0 Å². The lowest BCUT2D eigenvalue weighted by Gasteiger charge is -2.31. The highest BCUT2D eigenvalue weighted by molar-refractivity contribution is 4.94. The molecular weight excluding hydrogens is 136 g/mol. The number of rotatable bonds is 0. The molecule has 11 heavy (non-hydrogen) atoms. The minimum atomic E-state index is 0.458. The molecule has 0 spiro atoms. The van der Waals surface area contributed by atoms with Crippen LogP contribution >= 0.6 is 0 Å². The molecule has 0 saturated carbocycles. The Morgan fingerprint density at radius 3 is 2.18 bits per heavy atom. The molecule has 0 aliphatic carbocycles. The van der Waals surface area contributed by atoms with Gasteiger partial charge in [0.05, 0.1) is 12.2 Å². The molecule has 0 aromatic heterocycles. The van der Waals surface area contributed by atoms with Crippen molar-refractivity contribution in [1.29, 1.82) is 0 Å². The van der Waals surface area contributed by atoms with Crippen LogP contribution in [-0.4, -0.2) is 12.2 Å². The van der Waals surface area contributed by atoms with Crippen molar-refractivity contribution in [2.45, 2.75) is 52.2 Å². The second-order valence-corrected chi connectivity index (χ2v) is 5.08. The molecule has 1 heteroatoms. The van der Waals surface area contributed by atoms with E-state index in [0.717, 1.165) is 5.92 Å². The van der Waals surface area contributed by atoms with Crippen molar-refractivity contribution in [3.8, 4) is 0 Å². The van der Waals surface area contributed by atoms with Crippen LogP contribution in [0.1, 0.15) is 40.0 Å². The molecule has 64 valence electrons. The Kier molecular flexibility index (Phi) is 1.54. The third-order valence-electron chi connectivity index (χ3n) is 3.22. The van der Waals surface area contributed by atoms with Crippen LogP contribution in [0.15, 0.2) is 0 Å². The Bertz CT molecular complexity index is 157. The first kappa shape index (κ1) is 7.60. The van der Waals surface area contributed by atoms with E-state index < -0.39 is 0 Å². The highest BCUT2D eigenvalue weighted by atomic mass is 16.5. The normalized spacial score (nSPS) is 43.4. The molecule has 2 aliphatic heterocycles. The number of ether oxygens (including phenoxy) is 1. The molecule has 0 radical (unpaired) electrons. The zero-order valence-electron chi connectivity index (χ0n) is 7.76. The maximum atomic E-state index is 5.81. The van der Waals surface area contributed by atoms with Crippen molar-refractivity contribution in [2.24, 2.45) is 11.3 Å². The van der Waals surface area contributed by atoms with E-state index in [1.165, 1.54) is 19.3 Å². The monoisotopic (exact) mass is 154 g/mol. The van der Waals surface area contributed by atoms with Gasteiger partial charge >= 0.3 is 0 Å². The predicted molar refractivity (Wildman–Crippen MR) is 45.5 cm³/mol. The Labute approximate surface area is 69.1 Å². The lowest BCUT2D eigenvalue weighted by Crippen LogP contribution is -2.29. The number of hydrogen-bond donors (Lipinski definition) is 0. The van der Waals surface area contributed by atoms with Crippen molar-refractivity contribution in [1.82, 2.24) is 0 Å². The second-order valence-electron chi connectivity index (χ2n) is 5.08. The average Bonchev–Trinajstić information content (AvgIpc) is 2.42. The van der Waals surface area contributed by atoms with Gasteiger partial charge in [-0.05, 0) is 30.6 Å². The van der Waals surface area contributed by atoms with Crippen LogP contribution in [-0.2, 0) is 4.74 Å². The van der Waals surface area contributed by atoms with E-state index in [2.05, 4.69) is 20.8 Å². The summed E-state index contributed by atoms with van der Waals surface area (Å²) in [5, 5.41) is 0. The molecule has 1 nitrogen and oxygen atoms in total. The highest BCUT2D eigenvalue weighted by Crippen LogP contribution is 2.46. The lowest BCUT2D eigenvalue weighted by molar-refractivity contribution is 0.0685. The quantitative estimate of drug-likeness (QED) is 0.521. The van der Waals surface area contributed by atoms with Gasteiger partial charge in [0, 0.05) is 0 Å². The van der Waals surface area contributed by atoms with Gasteiger partial charge in [-0.1, -0.05) is 20.8 Å². The van der Waals surface area contributed by atoms with Crippen molar-refractivity contribution in [3.63, 3.8) is 0 Å². The molecule has 2 rings (SSSR count). The standard InChI is InChI=1S/C10H18O/c1-10(2,3)8-6-7-4-5-9(8)11-7/h7-9H,4-6H2,1-3H3/t7-,8+,9+/m0/s1. The summed E-state index contributed by atoms with van der Waals surface area (Å²) in [6.45, 7) is 7.01. The molecule has 0 N–H and O–H groups in total. The van der Waals surface area contributed by atoms with Gasteiger partial charge in [0.1, 0.15) is 0 Å². The number of fused-ring (bicyclic) bond motifs is 2. The first-order valence-electron chi connectivity index (χ1n) is 4.73. The summed E-state index contributed by atoms with van der Waals surface area (Å²) in [7, 11) is 0. The summed E-state index contributed by atoms with van der Waals surface area (Å²) < 4.78 is 5.81. The van der Waals surface area contributed by atoms with Crippen LogP contribution in [0.25, 0.3) is 0 Å². The molecule has 2 saturated heterocycles. The maximum Gasteiger partial charge on any atom is 0.0613 e. The first-order chi connectivity index (χ1) is 5.07. The van der Waals surface area contributed by atoms with Crippen LogP contribution in [0.3, 0.4) is 0 Å². The molecular formula is C10H18O. The minimum absolute atomic E-state index is 0.458. The summed E-state index contributed by atoms with van der Waals surface area (Å²) >= 11 is 0. The Hall–Kier alpha value is -0.0400. The van der Waals surface area contributed by atoms with E-state index in [0.29, 0.717) is 17.6 Å². The third kappa shape index (κ3) is 1.20. The second kappa shape index (κ2) is 2.22. The van der Waals surface area contributed by atoms with Crippen molar-refractivity contribution < 1.29 is 4.74 Å². The average molecular weight is 154 g/mol. The van der Waals surface area contributed by atoms with Crippen LogP contribution in [0, 0.1) is 11.3 Å². The predicted octanol–water partition coefficient (Wildman–Crippen LogP) is 2.60.